The smallest absolute Gasteiger partial charge is 0.101 e. The number of amidine groups is 1. The third kappa shape index (κ3) is 1.71. The Labute approximate surface area is 84.0 Å². The van der Waals surface area contributed by atoms with Gasteiger partial charge < -0.3 is 11.1 Å². The van der Waals surface area contributed by atoms with E-state index in [1.54, 1.807) is 0 Å². The Morgan fingerprint density at radius 1 is 1.43 bits per heavy atom. The van der Waals surface area contributed by atoms with Crippen LogP contribution in [0.1, 0.15) is 18.4 Å². The molecule has 0 spiro atoms. The van der Waals surface area contributed by atoms with Gasteiger partial charge in [0.15, 0.2) is 0 Å². The van der Waals surface area contributed by atoms with Crippen molar-refractivity contribution in [2.75, 3.05) is 17.6 Å². The summed E-state index contributed by atoms with van der Waals surface area (Å²) in [6.45, 7) is 2.97. The molecule has 14 heavy (non-hydrogen) atoms. The van der Waals surface area contributed by atoms with Crippen LogP contribution in [0.15, 0.2) is 23.2 Å². The van der Waals surface area contributed by atoms with Gasteiger partial charge in [0.1, 0.15) is 5.84 Å². The van der Waals surface area contributed by atoms with Crippen LogP contribution in [0.4, 0.5) is 11.4 Å². The monoisotopic (exact) mass is 189 g/mol. The molecule has 0 aromatic heterocycles. The predicted molar refractivity (Wildman–Crippen MR) is 60.8 cm³/mol. The molecule has 0 amide bonds. The quantitative estimate of drug-likeness (QED) is 0.665. The standard InChI is InChI=1S/C11H15N3/c1-8-9(12)4-2-5-10(8)14-11-6-3-7-13-11/h2,4-5H,3,6-7,12H2,1H3,(H,13,14). The number of rotatable bonds is 1. The van der Waals surface area contributed by atoms with Gasteiger partial charge in [-0.15, -0.1) is 0 Å². The minimum atomic E-state index is 0.827. The van der Waals surface area contributed by atoms with E-state index in [0.29, 0.717) is 0 Å². The van der Waals surface area contributed by atoms with Crippen LogP contribution in [0, 0.1) is 6.92 Å². The maximum Gasteiger partial charge on any atom is 0.101 e. The number of nitrogens with two attached hydrogens (primary N) is 1. The molecule has 3 nitrogen and oxygen atoms in total. The molecule has 1 aliphatic heterocycles. The van der Waals surface area contributed by atoms with Gasteiger partial charge in [-0.2, -0.15) is 0 Å². The summed E-state index contributed by atoms with van der Waals surface area (Å²) in [6.07, 6.45) is 2.21. The molecule has 0 aliphatic carbocycles. The minimum Gasteiger partial charge on any atom is -0.398 e. The first-order chi connectivity index (χ1) is 6.77. The van der Waals surface area contributed by atoms with Crippen molar-refractivity contribution in [2.45, 2.75) is 19.8 Å². The van der Waals surface area contributed by atoms with E-state index in [1.807, 2.05) is 25.1 Å². The van der Waals surface area contributed by atoms with Gasteiger partial charge in [-0.25, -0.2) is 0 Å². The molecule has 2 rings (SSSR count). The second kappa shape index (κ2) is 3.70. The summed E-state index contributed by atoms with van der Waals surface area (Å²) in [5.41, 5.74) is 8.82. The van der Waals surface area contributed by atoms with Gasteiger partial charge in [0.05, 0.1) is 0 Å². The zero-order valence-electron chi connectivity index (χ0n) is 8.38. The van der Waals surface area contributed by atoms with Gasteiger partial charge >= 0.3 is 0 Å². The largest absolute Gasteiger partial charge is 0.398 e. The zero-order chi connectivity index (χ0) is 9.97. The molecule has 0 saturated heterocycles. The fraction of sp³-hybridized carbons (Fsp3) is 0.364. The predicted octanol–water partition coefficient (Wildman–Crippen LogP) is 2.18. The molecule has 1 heterocycles. The molecule has 1 aliphatic rings. The molecule has 0 radical (unpaired) electrons. The molecule has 0 saturated carbocycles. The van der Waals surface area contributed by atoms with Crippen LogP contribution in [0.2, 0.25) is 0 Å². The summed E-state index contributed by atoms with van der Waals surface area (Å²) in [6, 6.07) is 5.91. The Balaban J connectivity index is 2.20. The Morgan fingerprint density at radius 3 is 3.00 bits per heavy atom. The van der Waals surface area contributed by atoms with E-state index in [-0.39, 0.29) is 0 Å². The number of anilines is 2. The highest BCUT2D eigenvalue weighted by molar-refractivity contribution is 5.97. The topological polar surface area (TPSA) is 50.4 Å². The fourth-order valence-electron chi connectivity index (χ4n) is 1.59. The molecule has 0 atom stereocenters. The fourth-order valence-corrected chi connectivity index (χ4v) is 1.59. The molecule has 1 aromatic rings. The second-order valence-electron chi connectivity index (χ2n) is 3.58. The van der Waals surface area contributed by atoms with Crippen molar-refractivity contribution in [1.82, 2.24) is 0 Å². The molecule has 0 bridgehead atoms. The third-order valence-corrected chi connectivity index (χ3v) is 2.53. The van der Waals surface area contributed by atoms with Gasteiger partial charge in [0.25, 0.3) is 0 Å². The van der Waals surface area contributed by atoms with E-state index in [2.05, 4.69) is 10.3 Å². The first kappa shape index (κ1) is 9.06. The first-order valence-corrected chi connectivity index (χ1v) is 4.93. The van der Waals surface area contributed by atoms with Crippen molar-refractivity contribution in [1.29, 1.82) is 0 Å². The first-order valence-electron chi connectivity index (χ1n) is 4.93. The number of hydrogen-bond donors (Lipinski definition) is 2. The highest BCUT2D eigenvalue weighted by atomic mass is 15.0. The van der Waals surface area contributed by atoms with Crippen LogP contribution >= 0.6 is 0 Å². The van der Waals surface area contributed by atoms with Crippen LogP contribution in [0.25, 0.3) is 0 Å². The average Bonchev–Trinajstić information content (AvgIpc) is 2.66. The van der Waals surface area contributed by atoms with Gasteiger partial charge in [-0.05, 0) is 31.0 Å². The van der Waals surface area contributed by atoms with E-state index in [9.17, 15) is 0 Å². The molecule has 1 aromatic carbocycles. The van der Waals surface area contributed by atoms with E-state index >= 15 is 0 Å². The lowest BCUT2D eigenvalue weighted by atomic mass is 10.1. The van der Waals surface area contributed by atoms with E-state index in [1.165, 1.54) is 0 Å². The number of nitrogens with zero attached hydrogens (tertiary/aromatic N) is 1. The highest BCUT2D eigenvalue weighted by Gasteiger charge is 2.08. The summed E-state index contributed by atoms with van der Waals surface area (Å²) in [4.78, 5) is 4.37. The lowest BCUT2D eigenvalue weighted by Crippen LogP contribution is -2.10. The van der Waals surface area contributed by atoms with Crippen LogP contribution < -0.4 is 11.1 Å². The van der Waals surface area contributed by atoms with E-state index < -0.39 is 0 Å². The van der Waals surface area contributed by atoms with Crippen LogP contribution in [-0.2, 0) is 0 Å². The Morgan fingerprint density at radius 2 is 2.29 bits per heavy atom. The van der Waals surface area contributed by atoms with Crippen molar-refractivity contribution in [3.8, 4) is 0 Å². The lowest BCUT2D eigenvalue weighted by Gasteiger charge is -2.10. The van der Waals surface area contributed by atoms with Crippen molar-refractivity contribution >= 4 is 17.2 Å². The summed E-state index contributed by atoms with van der Waals surface area (Å²) in [5, 5.41) is 3.32. The van der Waals surface area contributed by atoms with Crippen LogP contribution in [0.5, 0.6) is 0 Å². The van der Waals surface area contributed by atoms with Crippen molar-refractivity contribution in [3.63, 3.8) is 0 Å². The summed E-state index contributed by atoms with van der Waals surface area (Å²) >= 11 is 0. The average molecular weight is 189 g/mol. The van der Waals surface area contributed by atoms with Crippen molar-refractivity contribution in [3.05, 3.63) is 23.8 Å². The molecule has 74 valence electrons. The molecule has 3 heteroatoms. The van der Waals surface area contributed by atoms with E-state index in [4.69, 9.17) is 5.73 Å². The third-order valence-electron chi connectivity index (χ3n) is 2.53. The maximum absolute atomic E-state index is 5.82. The summed E-state index contributed by atoms with van der Waals surface area (Å²) in [5.74, 6) is 1.08. The number of nitrogen functional groups attached to an aromatic ring is 1. The molecule has 0 fully saturated rings. The number of hydrogen-bond acceptors (Lipinski definition) is 3. The Bertz CT molecular complexity index is 369. The van der Waals surface area contributed by atoms with Crippen molar-refractivity contribution < 1.29 is 0 Å². The molecule has 0 unspecified atom stereocenters. The Kier molecular flexibility index (Phi) is 2.39. The second-order valence-corrected chi connectivity index (χ2v) is 3.58. The Hall–Kier alpha value is -1.51. The molecular formula is C11H15N3. The lowest BCUT2D eigenvalue weighted by molar-refractivity contribution is 0.951. The molecular weight excluding hydrogens is 174 g/mol. The maximum atomic E-state index is 5.82. The minimum absolute atomic E-state index is 0.827. The number of benzene rings is 1. The normalized spacial score (nSPS) is 15.4. The molecule has 3 N–H and O–H groups in total. The SMILES string of the molecule is Cc1c(N)cccc1NC1=NCCC1. The van der Waals surface area contributed by atoms with Gasteiger partial charge in [-0.3, -0.25) is 4.99 Å². The summed E-state index contributed by atoms with van der Waals surface area (Å²) in [7, 11) is 0. The van der Waals surface area contributed by atoms with Crippen molar-refractivity contribution in [2.24, 2.45) is 4.99 Å². The highest BCUT2D eigenvalue weighted by Crippen LogP contribution is 2.21. The number of aliphatic imine (C=N–C) groups is 1. The van der Waals surface area contributed by atoms with Gasteiger partial charge in [0.2, 0.25) is 0 Å². The summed E-state index contributed by atoms with van der Waals surface area (Å²) < 4.78 is 0. The van der Waals surface area contributed by atoms with E-state index in [0.717, 1.165) is 42.2 Å². The zero-order valence-corrected chi connectivity index (χ0v) is 8.38. The number of nitrogens with one attached hydrogen (secondary N) is 1. The van der Waals surface area contributed by atoms with Crippen LogP contribution in [-0.4, -0.2) is 12.4 Å². The van der Waals surface area contributed by atoms with Gasteiger partial charge in [0, 0.05) is 24.3 Å². The van der Waals surface area contributed by atoms with Crippen LogP contribution in [0.3, 0.4) is 0 Å². The van der Waals surface area contributed by atoms with Gasteiger partial charge in [-0.1, -0.05) is 6.07 Å².